The van der Waals surface area contributed by atoms with Gasteiger partial charge in [-0.2, -0.15) is 5.26 Å². The van der Waals surface area contributed by atoms with Crippen molar-refractivity contribution >= 4 is 17.2 Å². The van der Waals surface area contributed by atoms with Crippen LogP contribution in [0.3, 0.4) is 0 Å². The van der Waals surface area contributed by atoms with Crippen molar-refractivity contribution in [3.8, 4) is 6.07 Å². The predicted octanol–water partition coefficient (Wildman–Crippen LogP) is 4.70. The Kier molecular flexibility index (Phi) is 5.27. The first kappa shape index (κ1) is 16.9. The molecule has 0 fully saturated rings. The van der Waals surface area contributed by atoms with Crippen LogP contribution >= 0.6 is 11.3 Å². The van der Waals surface area contributed by atoms with Crippen LogP contribution in [0.2, 0.25) is 0 Å². The van der Waals surface area contributed by atoms with Gasteiger partial charge < -0.3 is 5.32 Å². The van der Waals surface area contributed by atoms with Crippen LogP contribution in [0.15, 0.2) is 66.0 Å². The molecule has 4 heteroatoms. The van der Waals surface area contributed by atoms with Crippen LogP contribution in [0.25, 0.3) is 0 Å². The summed E-state index contributed by atoms with van der Waals surface area (Å²) < 4.78 is 0. The van der Waals surface area contributed by atoms with E-state index in [0.29, 0.717) is 11.1 Å². The van der Waals surface area contributed by atoms with Gasteiger partial charge in [0.25, 0.3) is 5.91 Å². The molecule has 0 unspecified atom stereocenters. The Morgan fingerprint density at radius 2 is 1.84 bits per heavy atom. The molecular formula is C21H18N2OS. The summed E-state index contributed by atoms with van der Waals surface area (Å²) in [5.41, 5.74) is 3.42. The number of benzene rings is 2. The van der Waals surface area contributed by atoms with Gasteiger partial charge in [0, 0.05) is 10.4 Å². The molecular weight excluding hydrogens is 328 g/mol. The molecule has 0 saturated heterocycles. The fraction of sp³-hybridized carbons (Fsp3) is 0.143. The molecule has 0 spiro atoms. The number of hydrogen-bond acceptors (Lipinski definition) is 3. The highest BCUT2D eigenvalue weighted by Crippen LogP contribution is 2.27. The van der Waals surface area contributed by atoms with Crippen molar-refractivity contribution in [1.82, 2.24) is 5.32 Å². The third-order valence-electron chi connectivity index (χ3n) is 4.10. The zero-order valence-corrected chi connectivity index (χ0v) is 14.7. The summed E-state index contributed by atoms with van der Waals surface area (Å²) in [4.78, 5) is 13.7. The zero-order valence-electron chi connectivity index (χ0n) is 13.9. The van der Waals surface area contributed by atoms with E-state index in [1.165, 1.54) is 5.56 Å². The fourth-order valence-corrected chi connectivity index (χ4v) is 3.43. The number of carbonyl (C=O) groups excluding carboxylic acids is 1. The highest BCUT2D eigenvalue weighted by molar-refractivity contribution is 7.10. The average Bonchev–Trinajstić information content (AvgIpc) is 3.20. The van der Waals surface area contributed by atoms with E-state index >= 15 is 0 Å². The molecule has 3 rings (SSSR count). The molecule has 0 bridgehead atoms. The largest absolute Gasteiger partial charge is 0.340 e. The normalized spacial score (nSPS) is 11.5. The number of amides is 1. The van der Waals surface area contributed by atoms with Crippen molar-refractivity contribution in [3.05, 3.63) is 93.2 Å². The Bertz CT molecular complexity index is 875. The van der Waals surface area contributed by atoms with Crippen LogP contribution < -0.4 is 5.32 Å². The van der Waals surface area contributed by atoms with Gasteiger partial charge >= 0.3 is 0 Å². The minimum absolute atomic E-state index is 0.151. The minimum Gasteiger partial charge on any atom is -0.340 e. The third-order valence-corrected chi connectivity index (χ3v) is 5.04. The predicted molar refractivity (Wildman–Crippen MR) is 101 cm³/mol. The Balaban J connectivity index is 1.87. The Morgan fingerprint density at radius 1 is 1.12 bits per heavy atom. The van der Waals surface area contributed by atoms with E-state index in [0.717, 1.165) is 16.9 Å². The van der Waals surface area contributed by atoms with Gasteiger partial charge in [-0.1, -0.05) is 37.3 Å². The Hall–Kier alpha value is -2.90. The summed E-state index contributed by atoms with van der Waals surface area (Å²) in [7, 11) is 0. The van der Waals surface area contributed by atoms with E-state index in [1.54, 1.807) is 35.6 Å². The van der Waals surface area contributed by atoms with Gasteiger partial charge in [0.2, 0.25) is 0 Å². The highest BCUT2D eigenvalue weighted by atomic mass is 32.1. The summed E-state index contributed by atoms with van der Waals surface area (Å²) in [5, 5.41) is 14.0. The standard InChI is InChI=1S/C21H18N2OS/c1-2-15-5-9-17(10-6-15)20(19-4-3-13-25-19)23-21(24)18-11-7-16(14-22)8-12-18/h3-13,20H,2H2,1H3,(H,23,24)/t20-/m1/s1. The van der Waals surface area contributed by atoms with E-state index in [-0.39, 0.29) is 11.9 Å². The molecule has 0 aliphatic heterocycles. The first-order valence-electron chi connectivity index (χ1n) is 8.14. The lowest BCUT2D eigenvalue weighted by molar-refractivity contribution is 0.0943. The first-order valence-corrected chi connectivity index (χ1v) is 9.02. The number of rotatable bonds is 5. The van der Waals surface area contributed by atoms with Crippen LogP contribution in [0.1, 0.15) is 44.9 Å². The maximum absolute atomic E-state index is 12.7. The molecule has 0 radical (unpaired) electrons. The molecule has 25 heavy (non-hydrogen) atoms. The number of thiophene rings is 1. The molecule has 0 aliphatic rings. The maximum Gasteiger partial charge on any atom is 0.252 e. The number of hydrogen-bond donors (Lipinski definition) is 1. The molecule has 1 amide bonds. The number of nitrogens with one attached hydrogen (secondary N) is 1. The van der Waals surface area contributed by atoms with Gasteiger partial charge in [-0.25, -0.2) is 0 Å². The van der Waals surface area contributed by atoms with Gasteiger partial charge in [-0.15, -0.1) is 11.3 Å². The van der Waals surface area contributed by atoms with Crippen LogP contribution in [0.4, 0.5) is 0 Å². The number of carbonyl (C=O) groups is 1. The van der Waals surface area contributed by atoms with E-state index in [1.807, 2.05) is 17.5 Å². The summed E-state index contributed by atoms with van der Waals surface area (Å²) in [5.74, 6) is -0.151. The van der Waals surface area contributed by atoms with Gasteiger partial charge in [0.05, 0.1) is 17.7 Å². The van der Waals surface area contributed by atoms with Gasteiger partial charge in [0.1, 0.15) is 0 Å². The lowest BCUT2D eigenvalue weighted by Crippen LogP contribution is -2.28. The van der Waals surface area contributed by atoms with Crippen molar-refractivity contribution in [2.45, 2.75) is 19.4 Å². The summed E-state index contributed by atoms with van der Waals surface area (Å²) in [6.45, 7) is 2.12. The summed E-state index contributed by atoms with van der Waals surface area (Å²) in [6, 6.07) is 20.9. The molecule has 0 aliphatic carbocycles. The van der Waals surface area contributed by atoms with Crippen molar-refractivity contribution in [2.75, 3.05) is 0 Å². The summed E-state index contributed by atoms with van der Waals surface area (Å²) >= 11 is 1.62. The minimum atomic E-state index is -0.186. The third kappa shape index (κ3) is 3.96. The van der Waals surface area contributed by atoms with Crippen molar-refractivity contribution in [3.63, 3.8) is 0 Å². The Labute approximate surface area is 151 Å². The quantitative estimate of drug-likeness (QED) is 0.728. The molecule has 0 saturated carbocycles. The summed E-state index contributed by atoms with van der Waals surface area (Å²) in [6.07, 6.45) is 0.988. The van der Waals surface area contributed by atoms with E-state index in [2.05, 4.69) is 42.6 Å². The second-order valence-electron chi connectivity index (χ2n) is 5.71. The molecule has 2 aromatic carbocycles. The van der Waals surface area contributed by atoms with E-state index < -0.39 is 0 Å². The SMILES string of the molecule is CCc1ccc([C@@H](NC(=O)c2ccc(C#N)cc2)c2cccs2)cc1. The fourth-order valence-electron chi connectivity index (χ4n) is 2.63. The number of nitriles is 1. The Morgan fingerprint density at radius 3 is 2.40 bits per heavy atom. The molecule has 1 N–H and O–H groups in total. The monoisotopic (exact) mass is 346 g/mol. The molecule has 3 nitrogen and oxygen atoms in total. The van der Waals surface area contributed by atoms with Crippen molar-refractivity contribution < 1.29 is 4.79 Å². The van der Waals surface area contributed by atoms with E-state index in [9.17, 15) is 4.79 Å². The van der Waals surface area contributed by atoms with Gasteiger partial charge in [-0.3, -0.25) is 4.79 Å². The number of nitrogens with zero attached hydrogens (tertiary/aromatic N) is 1. The van der Waals surface area contributed by atoms with Crippen molar-refractivity contribution in [2.24, 2.45) is 0 Å². The number of aryl methyl sites for hydroxylation is 1. The van der Waals surface area contributed by atoms with E-state index in [4.69, 9.17) is 5.26 Å². The van der Waals surface area contributed by atoms with Gasteiger partial charge in [-0.05, 0) is 53.3 Å². The lowest BCUT2D eigenvalue weighted by atomic mass is 10.0. The topological polar surface area (TPSA) is 52.9 Å². The highest BCUT2D eigenvalue weighted by Gasteiger charge is 2.18. The molecule has 1 heterocycles. The molecule has 3 aromatic rings. The van der Waals surface area contributed by atoms with Crippen LogP contribution in [-0.4, -0.2) is 5.91 Å². The second-order valence-corrected chi connectivity index (χ2v) is 6.69. The maximum atomic E-state index is 12.7. The van der Waals surface area contributed by atoms with Crippen molar-refractivity contribution in [1.29, 1.82) is 5.26 Å². The molecule has 124 valence electrons. The molecule has 1 aromatic heterocycles. The second kappa shape index (κ2) is 7.78. The van der Waals surface area contributed by atoms with Crippen LogP contribution in [0.5, 0.6) is 0 Å². The average molecular weight is 346 g/mol. The van der Waals surface area contributed by atoms with Crippen LogP contribution in [0, 0.1) is 11.3 Å². The smallest absolute Gasteiger partial charge is 0.252 e. The zero-order chi connectivity index (χ0) is 17.6. The lowest BCUT2D eigenvalue weighted by Gasteiger charge is -2.18. The van der Waals surface area contributed by atoms with Crippen LogP contribution in [-0.2, 0) is 6.42 Å². The van der Waals surface area contributed by atoms with Gasteiger partial charge in [0.15, 0.2) is 0 Å². The first-order chi connectivity index (χ1) is 12.2. The molecule has 1 atom stereocenters.